The van der Waals surface area contributed by atoms with Crippen LogP contribution in [-0.2, 0) is 0 Å². The Hall–Kier alpha value is -1.61. The monoisotopic (exact) mass is 293 g/mol. The second-order valence-electron chi connectivity index (χ2n) is 5.03. The Kier molecular flexibility index (Phi) is 4.61. The maximum Gasteiger partial charge on any atom is 0.252 e. The third-order valence-electron chi connectivity index (χ3n) is 3.17. The molecule has 0 saturated carbocycles. The standard InChI is InChI=1S/C16H17ClFNO/c1-10(17)9-11(2)19-16(20)14-7-8-15(18)13-6-4-3-5-12(13)14/h3-8,10-11H,9H2,1-2H3,(H,19,20). The molecule has 0 heterocycles. The molecule has 2 unspecified atom stereocenters. The molecule has 4 heteroatoms. The highest BCUT2D eigenvalue weighted by molar-refractivity contribution is 6.20. The Morgan fingerprint density at radius 2 is 1.85 bits per heavy atom. The second kappa shape index (κ2) is 6.23. The van der Waals surface area contributed by atoms with Gasteiger partial charge in [-0.05, 0) is 37.8 Å². The number of halogens is 2. The van der Waals surface area contributed by atoms with Gasteiger partial charge in [-0.3, -0.25) is 4.79 Å². The molecule has 0 fully saturated rings. The zero-order chi connectivity index (χ0) is 14.7. The fourth-order valence-corrected chi connectivity index (χ4v) is 2.58. The van der Waals surface area contributed by atoms with Crippen molar-refractivity contribution in [1.82, 2.24) is 5.32 Å². The maximum absolute atomic E-state index is 13.7. The average Bonchev–Trinajstić information content (AvgIpc) is 2.38. The summed E-state index contributed by atoms with van der Waals surface area (Å²) in [6, 6.07) is 9.79. The van der Waals surface area contributed by atoms with Crippen molar-refractivity contribution >= 4 is 28.3 Å². The van der Waals surface area contributed by atoms with E-state index >= 15 is 0 Å². The van der Waals surface area contributed by atoms with Crippen molar-refractivity contribution in [3.8, 4) is 0 Å². The first kappa shape index (κ1) is 14.8. The van der Waals surface area contributed by atoms with E-state index in [0.29, 0.717) is 22.8 Å². The van der Waals surface area contributed by atoms with Crippen LogP contribution in [-0.4, -0.2) is 17.3 Å². The van der Waals surface area contributed by atoms with Crippen molar-refractivity contribution in [3.63, 3.8) is 0 Å². The van der Waals surface area contributed by atoms with Gasteiger partial charge in [-0.1, -0.05) is 24.3 Å². The number of rotatable bonds is 4. The third kappa shape index (κ3) is 3.28. The van der Waals surface area contributed by atoms with Crippen LogP contribution in [0.3, 0.4) is 0 Å². The van der Waals surface area contributed by atoms with Gasteiger partial charge in [0.05, 0.1) is 0 Å². The van der Waals surface area contributed by atoms with E-state index in [2.05, 4.69) is 5.32 Å². The minimum Gasteiger partial charge on any atom is -0.350 e. The number of amides is 1. The predicted octanol–water partition coefficient (Wildman–Crippen LogP) is 4.11. The molecule has 0 spiro atoms. The van der Waals surface area contributed by atoms with Crippen molar-refractivity contribution < 1.29 is 9.18 Å². The number of carbonyl (C=O) groups excluding carboxylic acids is 1. The molecule has 1 amide bonds. The largest absolute Gasteiger partial charge is 0.350 e. The van der Waals surface area contributed by atoms with Crippen LogP contribution >= 0.6 is 11.6 Å². The summed E-state index contributed by atoms with van der Waals surface area (Å²) in [6.45, 7) is 3.79. The highest BCUT2D eigenvalue weighted by Crippen LogP contribution is 2.22. The maximum atomic E-state index is 13.7. The van der Waals surface area contributed by atoms with Crippen LogP contribution in [0.1, 0.15) is 30.6 Å². The molecule has 0 aliphatic rings. The number of hydrogen-bond donors (Lipinski definition) is 1. The van der Waals surface area contributed by atoms with Crippen LogP contribution in [0.2, 0.25) is 0 Å². The molecule has 0 saturated heterocycles. The molecule has 2 nitrogen and oxygen atoms in total. The van der Waals surface area contributed by atoms with E-state index < -0.39 is 0 Å². The van der Waals surface area contributed by atoms with E-state index in [9.17, 15) is 9.18 Å². The first-order chi connectivity index (χ1) is 9.49. The second-order valence-corrected chi connectivity index (χ2v) is 5.78. The summed E-state index contributed by atoms with van der Waals surface area (Å²) in [5.74, 6) is -0.523. The lowest BCUT2D eigenvalue weighted by molar-refractivity contribution is 0.0940. The quantitative estimate of drug-likeness (QED) is 0.844. The smallest absolute Gasteiger partial charge is 0.252 e. The van der Waals surface area contributed by atoms with Gasteiger partial charge in [0.15, 0.2) is 0 Å². The van der Waals surface area contributed by atoms with Crippen LogP contribution in [0.4, 0.5) is 4.39 Å². The summed E-state index contributed by atoms with van der Waals surface area (Å²) >= 11 is 5.92. The average molecular weight is 294 g/mol. The molecule has 2 aromatic carbocycles. The van der Waals surface area contributed by atoms with Crippen molar-refractivity contribution in [2.45, 2.75) is 31.7 Å². The molecule has 0 aliphatic heterocycles. The van der Waals surface area contributed by atoms with Crippen LogP contribution in [0, 0.1) is 5.82 Å². The van der Waals surface area contributed by atoms with Crippen LogP contribution in [0.25, 0.3) is 10.8 Å². The summed E-state index contributed by atoms with van der Waals surface area (Å²) < 4.78 is 13.7. The molecule has 0 aromatic heterocycles. The normalized spacial score (nSPS) is 14.0. The first-order valence-corrected chi connectivity index (χ1v) is 7.05. The fraction of sp³-hybridized carbons (Fsp3) is 0.312. The predicted molar refractivity (Wildman–Crippen MR) is 80.8 cm³/mol. The van der Waals surface area contributed by atoms with Gasteiger partial charge in [0.25, 0.3) is 5.91 Å². The summed E-state index contributed by atoms with van der Waals surface area (Å²) in [5, 5.41) is 3.97. The van der Waals surface area contributed by atoms with Gasteiger partial charge < -0.3 is 5.32 Å². The van der Waals surface area contributed by atoms with Crippen LogP contribution < -0.4 is 5.32 Å². The van der Waals surface area contributed by atoms with E-state index in [0.717, 1.165) is 0 Å². The van der Waals surface area contributed by atoms with Crippen molar-refractivity contribution in [2.24, 2.45) is 0 Å². The summed E-state index contributed by atoms with van der Waals surface area (Å²) in [6.07, 6.45) is 0.687. The van der Waals surface area contributed by atoms with E-state index in [1.54, 1.807) is 24.3 Å². The molecular weight excluding hydrogens is 277 g/mol. The van der Waals surface area contributed by atoms with Crippen molar-refractivity contribution in [2.75, 3.05) is 0 Å². The Balaban J connectivity index is 2.29. The number of alkyl halides is 1. The van der Waals surface area contributed by atoms with Gasteiger partial charge in [-0.25, -0.2) is 4.39 Å². The van der Waals surface area contributed by atoms with Gasteiger partial charge in [0, 0.05) is 22.4 Å². The van der Waals surface area contributed by atoms with E-state index in [4.69, 9.17) is 11.6 Å². The lowest BCUT2D eigenvalue weighted by Crippen LogP contribution is -2.34. The van der Waals surface area contributed by atoms with Crippen LogP contribution in [0.5, 0.6) is 0 Å². The SMILES string of the molecule is CC(Cl)CC(C)NC(=O)c1ccc(F)c2ccccc12. The number of hydrogen-bond acceptors (Lipinski definition) is 1. The minimum atomic E-state index is -0.320. The van der Waals surface area contributed by atoms with Crippen molar-refractivity contribution in [3.05, 3.63) is 47.8 Å². The number of nitrogens with one attached hydrogen (secondary N) is 1. The highest BCUT2D eigenvalue weighted by atomic mass is 35.5. The summed E-state index contributed by atoms with van der Waals surface area (Å²) in [5.41, 5.74) is 0.482. The zero-order valence-electron chi connectivity index (χ0n) is 11.5. The van der Waals surface area contributed by atoms with Gasteiger partial charge >= 0.3 is 0 Å². The zero-order valence-corrected chi connectivity index (χ0v) is 12.2. The lowest BCUT2D eigenvalue weighted by Gasteiger charge is -2.16. The fourth-order valence-electron chi connectivity index (χ4n) is 2.31. The molecule has 2 atom stereocenters. The Morgan fingerprint density at radius 1 is 1.20 bits per heavy atom. The summed E-state index contributed by atoms with van der Waals surface area (Å²) in [4.78, 5) is 12.3. The first-order valence-electron chi connectivity index (χ1n) is 6.61. The molecular formula is C16H17ClFNO. The van der Waals surface area contributed by atoms with Crippen molar-refractivity contribution in [1.29, 1.82) is 0 Å². The Labute approximate surface area is 122 Å². The van der Waals surface area contributed by atoms with Gasteiger partial charge in [0.2, 0.25) is 0 Å². The summed E-state index contributed by atoms with van der Waals surface area (Å²) in [7, 11) is 0. The molecule has 2 aromatic rings. The topological polar surface area (TPSA) is 29.1 Å². The van der Waals surface area contributed by atoms with Gasteiger partial charge in [-0.2, -0.15) is 0 Å². The molecule has 106 valence electrons. The van der Waals surface area contributed by atoms with Gasteiger partial charge in [0.1, 0.15) is 5.82 Å². The number of carbonyl (C=O) groups is 1. The lowest BCUT2D eigenvalue weighted by atomic mass is 10.0. The molecule has 0 radical (unpaired) electrons. The van der Waals surface area contributed by atoms with E-state index in [1.165, 1.54) is 12.1 Å². The molecule has 1 N–H and O–H groups in total. The molecule has 0 aliphatic carbocycles. The molecule has 0 bridgehead atoms. The highest BCUT2D eigenvalue weighted by Gasteiger charge is 2.15. The molecule has 20 heavy (non-hydrogen) atoms. The Morgan fingerprint density at radius 3 is 2.50 bits per heavy atom. The number of benzene rings is 2. The third-order valence-corrected chi connectivity index (χ3v) is 3.35. The van der Waals surface area contributed by atoms with Crippen LogP contribution in [0.15, 0.2) is 36.4 Å². The Bertz CT molecular complexity index is 627. The minimum absolute atomic E-state index is 0.00439. The molecule has 2 rings (SSSR count). The van der Waals surface area contributed by atoms with E-state index in [1.807, 2.05) is 13.8 Å². The van der Waals surface area contributed by atoms with Gasteiger partial charge in [-0.15, -0.1) is 11.6 Å². The van der Waals surface area contributed by atoms with E-state index in [-0.39, 0.29) is 23.1 Å². The number of fused-ring (bicyclic) bond motifs is 1.